The van der Waals surface area contributed by atoms with E-state index in [1.807, 2.05) is 13.1 Å². The number of carbonyl (C=O) groups excluding carboxylic acids is 1. The van der Waals surface area contributed by atoms with Crippen LogP contribution < -0.4 is 15.4 Å². The molecule has 2 aromatic rings. The van der Waals surface area contributed by atoms with E-state index in [0.717, 1.165) is 25.9 Å². The summed E-state index contributed by atoms with van der Waals surface area (Å²) < 4.78 is 5.27. The number of piperidine rings is 1. The molecule has 3 heterocycles. The van der Waals surface area contributed by atoms with Crippen LogP contribution in [0, 0.1) is 0 Å². The standard InChI is InChI=1S/C16H19ClN4O2S/c1-2-23-15-12(17)7-11(8-19-15)14(22)21-16-20-9-13(24-16)10-3-5-18-6-4-10/h7-10,18H,2-6H2,1H3,(H,20,21,22). The second kappa shape index (κ2) is 7.92. The van der Waals surface area contributed by atoms with Crippen LogP contribution in [0.4, 0.5) is 5.13 Å². The highest BCUT2D eigenvalue weighted by molar-refractivity contribution is 7.15. The van der Waals surface area contributed by atoms with Crippen molar-refractivity contribution in [2.45, 2.75) is 25.7 Å². The lowest BCUT2D eigenvalue weighted by Crippen LogP contribution is -2.26. The topological polar surface area (TPSA) is 76.1 Å². The first-order valence-corrected chi connectivity index (χ1v) is 9.13. The Kier molecular flexibility index (Phi) is 5.65. The monoisotopic (exact) mass is 366 g/mol. The van der Waals surface area contributed by atoms with Crippen molar-refractivity contribution in [3.05, 3.63) is 33.9 Å². The molecule has 0 unspecified atom stereocenters. The maximum atomic E-state index is 12.3. The number of halogens is 1. The Labute approximate surface area is 149 Å². The number of hydrogen-bond acceptors (Lipinski definition) is 6. The van der Waals surface area contributed by atoms with E-state index in [0.29, 0.717) is 34.1 Å². The normalized spacial score (nSPS) is 15.2. The number of carbonyl (C=O) groups is 1. The Hall–Kier alpha value is -1.70. The quantitative estimate of drug-likeness (QED) is 0.849. The van der Waals surface area contributed by atoms with Crippen LogP contribution >= 0.6 is 22.9 Å². The van der Waals surface area contributed by atoms with Gasteiger partial charge in [0.1, 0.15) is 5.02 Å². The summed E-state index contributed by atoms with van der Waals surface area (Å²) in [6.45, 7) is 4.37. The first kappa shape index (κ1) is 17.1. The molecule has 8 heteroatoms. The molecule has 0 bridgehead atoms. The molecule has 24 heavy (non-hydrogen) atoms. The van der Waals surface area contributed by atoms with Crippen molar-refractivity contribution in [2.75, 3.05) is 25.0 Å². The van der Waals surface area contributed by atoms with Crippen molar-refractivity contribution in [3.8, 4) is 5.88 Å². The largest absolute Gasteiger partial charge is 0.477 e. The average molecular weight is 367 g/mol. The zero-order valence-electron chi connectivity index (χ0n) is 13.3. The minimum atomic E-state index is -0.279. The third-order valence-corrected chi connectivity index (χ3v) is 5.18. The Morgan fingerprint density at radius 1 is 1.42 bits per heavy atom. The Morgan fingerprint density at radius 3 is 2.92 bits per heavy atom. The van der Waals surface area contributed by atoms with Gasteiger partial charge in [-0.25, -0.2) is 9.97 Å². The first-order valence-electron chi connectivity index (χ1n) is 7.93. The third kappa shape index (κ3) is 4.03. The summed E-state index contributed by atoms with van der Waals surface area (Å²) in [5.41, 5.74) is 0.377. The van der Waals surface area contributed by atoms with Gasteiger partial charge in [0.05, 0.1) is 12.2 Å². The molecule has 1 fully saturated rings. The van der Waals surface area contributed by atoms with Gasteiger partial charge in [0.25, 0.3) is 5.91 Å². The number of nitrogens with zero attached hydrogens (tertiary/aromatic N) is 2. The van der Waals surface area contributed by atoms with Gasteiger partial charge in [-0.1, -0.05) is 11.6 Å². The summed E-state index contributed by atoms with van der Waals surface area (Å²) in [5.74, 6) is 0.577. The van der Waals surface area contributed by atoms with Crippen molar-refractivity contribution < 1.29 is 9.53 Å². The van der Waals surface area contributed by atoms with Crippen molar-refractivity contribution in [2.24, 2.45) is 0 Å². The average Bonchev–Trinajstić information content (AvgIpc) is 3.06. The molecule has 2 N–H and O–H groups in total. The van der Waals surface area contributed by atoms with Crippen LogP contribution in [0.15, 0.2) is 18.5 Å². The van der Waals surface area contributed by atoms with E-state index in [9.17, 15) is 4.79 Å². The van der Waals surface area contributed by atoms with E-state index in [1.165, 1.54) is 22.4 Å². The number of aromatic nitrogens is 2. The van der Waals surface area contributed by atoms with E-state index in [4.69, 9.17) is 16.3 Å². The summed E-state index contributed by atoms with van der Waals surface area (Å²) in [5, 5.41) is 7.07. The summed E-state index contributed by atoms with van der Waals surface area (Å²) in [6.07, 6.45) is 5.52. The Morgan fingerprint density at radius 2 is 2.21 bits per heavy atom. The zero-order chi connectivity index (χ0) is 16.9. The first-order chi connectivity index (χ1) is 11.7. The van der Waals surface area contributed by atoms with Crippen LogP contribution in [0.2, 0.25) is 5.02 Å². The zero-order valence-corrected chi connectivity index (χ0v) is 14.9. The smallest absolute Gasteiger partial charge is 0.259 e. The molecule has 1 saturated heterocycles. The molecule has 0 aliphatic carbocycles. The Balaban J connectivity index is 1.66. The third-order valence-electron chi connectivity index (χ3n) is 3.84. The molecule has 1 aliphatic heterocycles. The number of anilines is 1. The second-order valence-electron chi connectivity index (χ2n) is 5.49. The van der Waals surface area contributed by atoms with Crippen molar-refractivity contribution in [1.82, 2.24) is 15.3 Å². The molecule has 1 amide bonds. The lowest BCUT2D eigenvalue weighted by atomic mass is 9.97. The highest BCUT2D eigenvalue weighted by Crippen LogP contribution is 2.32. The molecule has 1 aliphatic rings. The molecule has 0 saturated carbocycles. The lowest BCUT2D eigenvalue weighted by molar-refractivity contribution is 0.102. The predicted molar refractivity (Wildman–Crippen MR) is 95.3 cm³/mol. The second-order valence-corrected chi connectivity index (χ2v) is 6.96. The number of nitrogens with one attached hydrogen (secondary N) is 2. The number of thiazole rings is 1. The summed E-state index contributed by atoms with van der Waals surface area (Å²) in [7, 11) is 0. The molecule has 6 nitrogen and oxygen atoms in total. The van der Waals surface area contributed by atoms with Crippen LogP contribution in [0.3, 0.4) is 0 Å². The molecule has 0 atom stereocenters. The van der Waals surface area contributed by atoms with Gasteiger partial charge < -0.3 is 10.1 Å². The molecular formula is C16H19ClN4O2S. The highest BCUT2D eigenvalue weighted by atomic mass is 35.5. The highest BCUT2D eigenvalue weighted by Gasteiger charge is 2.19. The van der Waals surface area contributed by atoms with Crippen LogP contribution in [0.5, 0.6) is 5.88 Å². The van der Waals surface area contributed by atoms with Gasteiger partial charge in [-0.3, -0.25) is 10.1 Å². The number of hydrogen-bond donors (Lipinski definition) is 2. The van der Waals surface area contributed by atoms with Crippen LogP contribution in [-0.4, -0.2) is 35.6 Å². The minimum absolute atomic E-state index is 0.279. The summed E-state index contributed by atoms with van der Waals surface area (Å²) >= 11 is 7.60. The van der Waals surface area contributed by atoms with E-state index in [1.54, 1.807) is 6.07 Å². The number of rotatable bonds is 5. The van der Waals surface area contributed by atoms with Crippen LogP contribution in [0.25, 0.3) is 0 Å². The minimum Gasteiger partial charge on any atom is -0.477 e. The van der Waals surface area contributed by atoms with E-state index in [2.05, 4.69) is 20.6 Å². The molecule has 128 valence electrons. The van der Waals surface area contributed by atoms with E-state index >= 15 is 0 Å². The maximum Gasteiger partial charge on any atom is 0.259 e. The fraction of sp³-hybridized carbons (Fsp3) is 0.438. The maximum absolute atomic E-state index is 12.3. The van der Waals surface area contributed by atoms with Gasteiger partial charge in [-0.05, 0) is 44.8 Å². The molecular weight excluding hydrogens is 348 g/mol. The van der Waals surface area contributed by atoms with Crippen LogP contribution in [0.1, 0.15) is 40.9 Å². The van der Waals surface area contributed by atoms with Crippen molar-refractivity contribution >= 4 is 34.0 Å². The molecule has 0 spiro atoms. The molecule has 0 aromatic carbocycles. The Bertz CT molecular complexity index is 716. The van der Waals surface area contributed by atoms with Gasteiger partial charge >= 0.3 is 0 Å². The fourth-order valence-electron chi connectivity index (χ4n) is 2.60. The van der Waals surface area contributed by atoms with Crippen molar-refractivity contribution in [3.63, 3.8) is 0 Å². The molecule has 2 aromatic heterocycles. The van der Waals surface area contributed by atoms with Crippen molar-refractivity contribution in [1.29, 1.82) is 0 Å². The summed E-state index contributed by atoms with van der Waals surface area (Å²) in [4.78, 5) is 21.9. The molecule has 3 rings (SSSR count). The summed E-state index contributed by atoms with van der Waals surface area (Å²) in [6, 6.07) is 1.55. The fourth-order valence-corrected chi connectivity index (χ4v) is 3.80. The van der Waals surface area contributed by atoms with E-state index < -0.39 is 0 Å². The predicted octanol–water partition coefficient (Wildman–Crippen LogP) is 3.31. The van der Waals surface area contributed by atoms with Gasteiger partial charge in [0.2, 0.25) is 5.88 Å². The molecule has 0 radical (unpaired) electrons. The SMILES string of the molecule is CCOc1ncc(C(=O)Nc2ncc(C3CCNCC3)s2)cc1Cl. The van der Waals surface area contributed by atoms with Crippen LogP contribution in [-0.2, 0) is 0 Å². The van der Waals surface area contributed by atoms with Gasteiger partial charge in [-0.2, -0.15) is 0 Å². The number of ether oxygens (including phenoxy) is 1. The van der Waals surface area contributed by atoms with Gasteiger partial charge in [0.15, 0.2) is 5.13 Å². The number of amides is 1. The lowest BCUT2D eigenvalue weighted by Gasteiger charge is -2.20. The van der Waals surface area contributed by atoms with Gasteiger partial charge in [-0.15, -0.1) is 11.3 Å². The van der Waals surface area contributed by atoms with Gasteiger partial charge in [0, 0.05) is 17.3 Å². The van der Waals surface area contributed by atoms with E-state index in [-0.39, 0.29) is 5.91 Å². The number of pyridine rings is 1.